The highest BCUT2D eigenvalue weighted by Crippen LogP contribution is 2.41. The van der Waals surface area contributed by atoms with E-state index < -0.39 is 0 Å². The molecule has 0 spiro atoms. The Morgan fingerprint density at radius 1 is 1.25 bits per heavy atom. The molecule has 1 aromatic heterocycles. The van der Waals surface area contributed by atoms with Gasteiger partial charge < -0.3 is 10.3 Å². The molecule has 5 heteroatoms. The Kier molecular flexibility index (Phi) is 3.78. The van der Waals surface area contributed by atoms with Crippen LogP contribution in [0.5, 0.6) is 0 Å². The lowest BCUT2D eigenvalue weighted by atomic mass is 9.91. The van der Waals surface area contributed by atoms with Crippen LogP contribution >= 0.6 is 0 Å². The lowest BCUT2D eigenvalue weighted by Gasteiger charge is -2.40. The number of aromatic nitrogens is 2. The molecule has 0 amide bonds. The van der Waals surface area contributed by atoms with E-state index in [0.717, 1.165) is 29.7 Å². The van der Waals surface area contributed by atoms with Crippen molar-refractivity contribution in [1.82, 2.24) is 9.97 Å². The van der Waals surface area contributed by atoms with E-state index in [-0.39, 0.29) is 0 Å². The Labute approximate surface area is 120 Å². The average molecular weight is 275 g/mol. The fourth-order valence-electron chi connectivity index (χ4n) is 3.98. The molecule has 5 nitrogen and oxygen atoms in total. The standard InChI is InChI=1S/C15H25N5/c1-10(2)13-14(19-16)17-9-18-15(13)20-8-4-6-11-5-3-7-12(11)20/h9-12H,3-8,16H2,1-2H3,(H,17,18,19). The number of hydrogen-bond donors (Lipinski definition) is 2. The fraction of sp³-hybridized carbons (Fsp3) is 0.733. The number of fused-ring (bicyclic) bond motifs is 1. The van der Waals surface area contributed by atoms with Gasteiger partial charge in [-0.15, -0.1) is 0 Å². The van der Waals surface area contributed by atoms with Crippen LogP contribution in [-0.2, 0) is 0 Å². The van der Waals surface area contributed by atoms with Crippen LogP contribution in [-0.4, -0.2) is 22.6 Å². The maximum absolute atomic E-state index is 5.63. The van der Waals surface area contributed by atoms with Crippen molar-refractivity contribution in [2.75, 3.05) is 16.9 Å². The Morgan fingerprint density at radius 3 is 2.80 bits per heavy atom. The number of nitrogen functional groups attached to an aromatic ring is 1. The molecule has 1 aliphatic carbocycles. The highest BCUT2D eigenvalue weighted by Gasteiger charge is 2.37. The smallest absolute Gasteiger partial charge is 0.148 e. The highest BCUT2D eigenvalue weighted by atomic mass is 15.3. The Bertz CT molecular complexity index is 473. The lowest BCUT2D eigenvalue weighted by molar-refractivity contribution is 0.359. The predicted molar refractivity (Wildman–Crippen MR) is 81.6 cm³/mol. The normalized spacial score (nSPS) is 25.9. The third kappa shape index (κ3) is 2.24. The number of piperidine rings is 1. The van der Waals surface area contributed by atoms with Crippen molar-refractivity contribution in [1.29, 1.82) is 0 Å². The first-order valence-corrected chi connectivity index (χ1v) is 7.80. The van der Waals surface area contributed by atoms with Gasteiger partial charge in [0.15, 0.2) is 0 Å². The predicted octanol–water partition coefficient (Wildman–Crippen LogP) is 2.65. The summed E-state index contributed by atoms with van der Waals surface area (Å²) in [5.41, 5.74) is 3.89. The van der Waals surface area contributed by atoms with Crippen LogP contribution in [0.3, 0.4) is 0 Å². The molecule has 20 heavy (non-hydrogen) atoms. The molecule has 2 heterocycles. The van der Waals surface area contributed by atoms with E-state index in [2.05, 4.69) is 34.1 Å². The molecule has 0 aromatic carbocycles. The summed E-state index contributed by atoms with van der Waals surface area (Å²) in [6.07, 6.45) is 8.33. The van der Waals surface area contributed by atoms with Crippen molar-refractivity contribution in [2.45, 2.75) is 57.9 Å². The summed E-state index contributed by atoms with van der Waals surface area (Å²) >= 11 is 0. The van der Waals surface area contributed by atoms with Crippen LogP contribution in [0.4, 0.5) is 11.6 Å². The van der Waals surface area contributed by atoms with Gasteiger partial charge >= 0.3 is 0 Å². The van der Waals surface area contributed by atoms with Crippen molar-refractivity contribution in [2.24, 2.45) is 11.8 Å². The Hall–Kier alpha value is -1.36. The van der Waals surface area contributed by atoms with Crippen molar-refractivity contribution in [3.8, 4) is 0 Å². The Morgan fingerprint density at radius 2 is 2.05 bits per heavy atom. The molecular weight excluding hydrogens is 250 g/mol. The van der Waals surface area contributed by atoms with Crippen LogP contribution in [0.1, 0.15) is 57.4 Å². The fourth-order valence-corrected chi connectivity index (χ4v) is 3.98. The second-order valence-electron chi connectivity index (χ2n) is 6.35. The van der Waals surface area contributed by atoms with Crippen molar-refractivity contribution >= 4 is 11.6 Å². The van der Waals surface area contributed by atoms with Gasteiger partial charge in [-0.05, 0) is 37.5 Å². The summed E-state index contributed by atoms with van der Waals surface area (Å²) in [6, 6.07) is 0.668. The number of anilines is 2. The molecule has 2 fully saturated rings. The van der Waals surface area contributed by atoms with Crippen molar-refractivity contribution in [3.63, 3.8) is 0 Å². The SMILES string of the molecule is CC(C)c1c(NN)ncnc1N1CCCC2CCCC21. The molecule has 2 aliphatic rings. The molecule has 0 bridgehead atoms. The van der Waals surface area contributed by atoms with Crippen LogP contribution < -0.4 is 16.2 Å². The van der Waals surface area contributed by atoms with Gasteiger partial charge in [0.05, 0.1) is 0 Å². The monoisotopic (exact) mass is 275 g/mol. The summed E-state index contributed by atoms with van der Waals surface area (Å²) in [5.74, 6) is 8.72. The molecule has 110 valence electrons. The summed E-state index contributed by atoms with van der Waals surface area (Å²) in [5, 5.41) is 0. The first kappa shape index (κ1) is 13.6. The molecule has 1 saturated carbocycles. The average Bonchev–Trinajstić information content (AvgIpc) is 2.94. The van der Waals surface area contributed by atoms with E-state index in [1.165, 1.54) is 32.1 Å². The van der Waals surface area contributed by atoms with E-state index in [0.29, 0.717) is 12.0 Å². The molecule has 1 aliphatic heterocycles. The van der Waals surface area contributed by atoms with E-state index in [4.69, 9.17) is 5.84 Å². The van der Waals surface area contributed by atoms with E-state index in [1.54, 1.807) is 6.33 Å². The van der Waals surface area contributed by atoms with E-state index in [1.807, 2.05) is 0 Å². The maximum Gasteiger partial charge on any atom is 0.148 e. The van der Waals surface area contributed by atoms with Crippen molar-refractivity contribution < 1.29 is 0 Å². The minimum atomic E-state index is 0.360. The number of hydrogen-bond acceptors (Lipinski definition) is 5. The van der Waals surface area contributed by atoms with Gasteiger partial charge in [0.1, 0.15) is 18.0 Å². The molecule has 0 radical (unpaired) electrons. The molecule has 3 N–H and O–H groups in total. The minimum Gasteiger partial charge on any atom is -0.353 e. The molecule has 2 atom stereocenters. The largest absolute Gasteiger partial charge is 0.353 e. The van der Waals surface area contributed by atoms with E-state index in [9.17, 15) is 0 Å². The first-order chi connectivity index (χ1) is 9.72. The Balaban J connectivity index is 2.00. The van der Waals surface area contributed by atoms with Gasteiger partial charge in [-0.3, -0.25) is 0 Å². The van der Waals surface area contributed by atoms with Gasteiger partial charge in [0.2, 0.25) is 0 Å². The number of nitrogens with one attached hydrogen (secondary N) is 1. The number of nitrogens with two attached hydrogens (primary N) is 1. The van der Waals surface area contributed by atoms with Gasteiger partial charge in [0, 0.05) is 18.2 Å². The van der Waals surface area contributed by atoms with Crippen LogP contribution in [0, 0.1) is 5.92 Å². The van der Waals surface area contributed by atoms with Crippen LogP contribution in [0.15, 0.2) is 6.33 Å². The second kappa shape index (κ2) is 5.56. The molecule has 1 saturated heterocycles. The summed E-state index contributed by atoms with van der Waals surface area (Å²) < 4.78 is 0. The van der Waals surface area contributed by atoms with Gasteiger partial charge in [-0.25, -0.2) is 15.8 Å². The second-order valence-corrected chi connectivity index (χ2v) is 6.35. The molecular formula is C15H25N5. The maximum atomic E-state index is 5.63. The summed E-state index contributed by atoms with van der Waals surface area (Å²) in [6.45, 7) is 5.47. The molecule has 3 rings (SSSR count). The number of nitrogens with zero attached hydrogens (tertiary/aromatic N) is 3. The third-order valence-corrected chi connectivity index (χ3v) is 4.84. The number of rotatable bonds is 3. The quantitative estimate of drug-likeness (QED) is 0.655. The van der Waals surface area contributed by atoms with Crippen molar-refractivity contribution in [3.05, 3.63) is 11.9 Å². The highest BCUT2D eigenvalue weighted by molar-refractivity contribution is 5.60. The van der Waals surface area contributed by atoms with Gasteiger partial charge in [-0.1, -0.05) is 20.3 Å². The lowest BCUT2D eigenvalue weighted by Crippen LogP contribution is -2.43. The van der Waals surface area contributed by atoms with Crippen LogP contribution in [0.2, 0.25) is 0 Å². The topological polar surface area (TPSA) is 67.1 Å². The molecule has 1 aromatic rings. The van der Waals surface area contributed by atoms with Gasteiger partial charge in [0.25, 0.3) is 0 Å². The zero-order valence-electron chi connectivity index (χ0n) is 12.5. The minimum absolute atomic E-state index is 0.360. The number of hydrazine groups is 1. The zero-order valence-corrected chi connectivity index (χ0v) is 12.5. The summed E-state index contributed by atoms with van der Waals surface area (Å²) in [4.78, 5) is 11.4. The van der Waals surface area contributed by atoms with Gasteiger partial charge in [-0.2, -0.15) is 0 Å². The van der Waals surface area contributed by atoms with Crippen LogP contribution in [0.25, 0.3) is 0 Å². The molecule has 2 unspecified atom stereocenters. The third-order valence-electron chi connectivity index (χ3n) is 4.84. The van der Waals surface area contributed by atoms with E-state index >= 15 is 0 Å². The first-order valence-electron chi connectivity index (χ1n) is 7.80. The summed E-state index contributed by atoms with van der Waals surface area (Å²) in [7, 11) is 0. The zero-order chi connectivity index (χ0) is 14.1.